The first kappa shape index (κ1) is 24.2. The molecule has 5 rings (SSSR count). The molecule has 2 aromatic heterocycles. The summed E-state index contributed by atoms with van der Waals surface area (Å²) in [5.41, 5.74) is 5.57. The van der Waals surface area contributed by atoms with Gasteiger partial charge in [-0.3, -0.25) is 9.20 Å². The van der Waals surface area contributed by atoms with Gasteiger partial charge in [0.15, 0.2) is 17.2 Å². The minimum atomic E-state index is 0.244. The lowest BCUT2D eigenvalue weighted by atomic mass is 10.0. The van der Waals surface area contributed by atoms with Gasteiger partial charge in [0, 0.05) is 35.9 Å². The molecule has 36 heavy (non-hydrogen) atoms. The Kier molecular flexibility index (Phi) is 7.42. The maximum absolute atomic E-state index is 12.5. The monoisotopic (exact) mass is 481 g/mol. The average Bonchev–Trinajstić information content (AvgIpc) is 3.64. The Morgan fingerprint density at radius 1 is 1.03 bits per heavy atom. The number of rotatable bonds is 12. The summed E-state index contributed by atoms with van der Waals surface area (Å²) in [5, 5.41) is 3.55. The molecule has 0 amide bonds. The molecular formula is C30H35N5O. The minimum Gasteiger partial charge on any atom is -0.367 e. The first-order valence-electron chi connectivity index (χ1n) is 13.2. The summed E-state index contributed by atoms with van der Waals surface area (Å²) < 4.78 is 2.11. The second-order valence-electron chi connectivity index (χ2n) is 9.63. The van der Waals surface area contributed by atoms with Gasteiger partial charge in [-0.15, -0.1) is 0 Å². The van der Waals surface area contributed by atoms with Crippen molar-refractivity contribution in [2.45, 2.75) is 39.5 Å². The highest BCUT2D eigenvalue weighted by atomic mass is 16.1. The number of hydrogen-bond donors (Lipinski definition) is 1. The van der Waals surface area contributed by atoms with Crippen LogP contribution in [0.5, 0.6) is 0 Å². The number of ketones is 1. The third-order valence-corrected chi connectivity index (χ3v) is 7.07. The number of imidazole rings is 1. The molecule has 2 heterocycles. The zero-order valence-corrected chi connectivity index (χ0v) is 21.3. The third kappa shape index (κ3) is 5.49. The number of carbonyl (C=O) groups excluding carboxylic acids is 1. The molecule has 0 saturated heterocycles. The van der Waals surface area contributed by atoms with Gasteiger partial charge in [0.25, 0.3) is 0 Å². The van der Waals surface area contributed by atoms with Crippen LogP contribution in [-0.2, 0) is 0 Å². The van der Waals surface area contributed by atoms with E-state index in [9.17, 15) is 4.79 Å². The van der Waals surface area contributed by atoms with Crippen LogP contribution in [0.25, 0.3) is 28.2 Å². The summed E-state index contributed by atoms with van der Waals surface area (Å²) in [6, 6.07) is 18.2. The fourth-order valence-corrected chi connectivity index (χ4v) is 4.65. The highest BCUT2D eigenvalue weighted by Crippen LogP contribution is 2.34. The van der Waals surface area contributed by atoms with Crippen LogP contribution in [0.4, 0.5) is 5.82 Å². The van der Waals surface area contributed by atoms with E-state index >= 15 is 0 Å². The Labute approximate surface area is 213 Å². The van der Waals surface area contributed by atoms with E-state index in [1.54, 1.807) is 0 Å². The van der Waals surface area contributed by atoms with Crippen LogP contribution in [0.1, 0.15) is 49.9 Å². The number of nitrogens with zero attached hydrogens (tertiary/aromatic N) is 4. The Hall–Kier alpha value is -3.51. The normalized spacial score (nSPS) is 13.4. The molecule has 1 aliphatic rings. The third-order valence-electron chi connectivity index (χ3n) is 7.07. The fourth-order valence-electron chi connectivity index (χ4n) is 4.65. The quantitative estimate of drug-likeness (QED) is 0.193. The summed E-state index contributed by atoms with van der Waals surface area (Å²) in [6.45, 7) is 8.42. The Balaban J connectivity index is 1.44. The Morgan fingerprint density at radius 2 is 1.78 bits per heavy atom. The number of fused-ring (bicyclic) bond motifs is 1. The minimum absolute atomic E-state index is 0.244. The number of aromatic nitrogens is 3. The molecule has 186 valence electrons. The molecule has 2 aromatic carbocycles. The van der Waals surface area contributed by atoms with Crippen molar-refractivity contribution in [2.75, 3.05) is 31.5 Å². The van der Waals surface area contributed by atoms with E-state index in [0.717, 1.165) is 72.1 Å². The smallest absolute Gasteiger partial charge is 0.180 e. The molecule has 0 aliphatic heterocycles. The molecule has 1 N–H and O–H groups in total. The van der Waals surface area contributed by atoms with E-state index in [4.69, 9.17) is 9.97 Å². The number of anilines is 1. The van der Waals surface area contributed by atoms with Gasteiger partial charge in [0.05, 0.1) is 17.6 Å². The van der Waals surface area contributed by atoms with Crippen molar-refractivity contribution in [2.24, 2.45) is 5.92 Å². The zero-order chi connectivity index (χ0) is 24.9. The van der Waals surface area contributed by atoms with Gasteiger partial charge in [-0.2, -0.15) is 0 Å². The Bertz CT molecular complexity index is 1300. The molecule has 0 atom stereocenters. The van der Waals surface area contributed by atoms with Crippen molar-refractivity contribution >= 4 is 17.2 Å². The number of nitrogens with one attached hydrogen (secondary N) is 1. The lowest BCUT2D eigenvalue weighted by Crippen LogP contribution is -2.25. The molecular weight excluding hydrogens is 446 g/mol. The largest absolute Gasteiger partial charge is 0.367 e. The van der Waals surface area contributed by atoms with Crippen LogP contribution in [0.2, 0.25) is 0 Å². The number of benzene rings is 2. The molecule has 0 spiro atoms. The van der Waals surface area contributed by atoms with Crippen LogP contribution in [0.3, 0.4) is 0 Å². The van der Waals surface area contributed by atoms with Gasteiger partial charge in [-0.25, -0.2) is 9.97 Å². The number of hydrogen-bond acceptors (Lipinski definition) is 5. The SMILES string of the molecule is CCN(CC)CCCNc1nc(-c2ccccc2)cn2c(-c3ccc(C(=O)CC4CC4)cc3)cnc12. The highest BCUT2D eigenvalue weighted by molar-refractivity contribution is 5.96. The first-order chi connectivity index (χ1) is 17.7. The maximum Gasteiger partial charge on any atom is 0.180 e. The summed E-state index contributed by atoms with van der Waals surface area (Å²) in [4.78, 5) is 24.6. The van der Waals surface area contributed by atoms with E-state index in [2.05, 4.69) is 46.8 Å². The predicted molar refractivity (Wildman–Crippen MR) is 146 cm³/mol. The zero-order valence-electron chi connectivity index (χ0n) is 21.3. The topological polar surface area (TPSA) is 62.5 Å². The second-order valence-corrected chi connectivity index (χ2v) is 9.63. The number of Topliss-reactive ketones (excluding diaryl/α,β-unsaturated/α-hetero) is 1. The standard InChI is InChI=1S/C30H35N5O/c1-3-34(4-2)18-8-17-31-29-30-32-20-27(35(30)21-26(33-29)23-9-6-5-7-10-23)24-13-15-25(16-14-24)28(36)19-22-11-12-22/h5-7,9-10,13-16,20-22H,3-4,8,11-12,17-19H2,1-2H3,(H,31,33). The van der Waals surface area contributed by atoms with Crippen molar-refractivity contribution in [1.82, 2.24) is 19.3 Å². The summed E-state index contributed by atoms with van der Waals surface area (Å²) in [5.74, 6) is 1.63. The van der Waals surface area contributed by atoms with Gasteiger partial charge in [-0.1, -0.05) is 68.4 Å². The summed E-state index contributed by atoms with van der Waals surface area (Å²) in [7, 11) is 0. The first-order valence-corrected chi connectivity index (χ1v) is 13.2. The van der Waals surface area contributed by atoms with E-state index in [1.807, 2.05) is 48.7 Å². The van der Waals surface area contributed by atoms with E-state index in [0.29, 0.717) is 12.3 Å². The van der Waals surface area contributed by atoms with Crippen LogP contribution in [0, 0.1) is 5.92 Å². The predicted octanol–water partition coefficient (Wildman–Crippen LogP) is 6.19. The fraction of sp³-hybridized carbons (Fsp3) is 0.367. The molecule has 0 radical (unpaired) electrons. The van der Waals surface area contributed by atoms with Gasteiger partial charge in [-0.05, 0) is 44.8 Å². The van der Waals surface area contributed by atoms with Gasteiger partial charge in [0.2, 0.25) is 0 Å². The van der Waals surface area contributed by atoms with Crippen LogP contribution in [-0.4, -0.2) is 51.2 Å². The van der Waals surface area contributed by atoms with Gasteiger partial charge < -0.3 is 10.2 Å². The summed E-state index contributed by atoms with van der Waals surface area (Å²) in [6.07, 6.45) is 8.04. The van der Waals surface area contributed by atoms with Gasteiger partial charge in [0.1, 0.15) is 0 Å². The van der Waals surface area contributed by atoms with E-state index in [-0.39, 0.29) is 5.78 Å². The van der Waals surface area contributed by atoms with Crippen molar-refractivity contribution < 1.29 is 4.79 Å². The van der Waals surface area contributed by atoms with Gasteiger partial charge >= 0.3 is 0 Å². The second kappa shape index (κ2) is 11.0. The lowest BCUT2D eigenvalue weighted by molar-refractivity contribution is 0.0976. The Morgan fingerprint density at radius 3 is 2.47 bits per heavy atom. The van der Waals surface area contributed by atoms with Crippen molar-refractivity contribution in [3.63, 3.8) is 0 Å². The molecule has 1 saturated carbocycles. The molecule has 1 aliphatic carbocycles. The summed E-state index contributed by atoms with van der Waals surface area (Å²) >= 11 is 0. The van der Waals surface area contributed by atoms with Crippen molar-refractivity contribution in [1.29, 1.82) is 0 Å². The van der Waals surface area contributed by atoms with Crippen molar-refractivity contribution in [3.8, 4) is 22.5 Å². The van der Waals surface area contributed by atoms with Crippen LogP contribution < -0.4 is 5.32 Å². The maximum atomic E-state index is 12.5. The van der Waals surface area contributed by atoms with Crippen LogP contribution in [0.15, 0.2) is 67.0 Å². The lowest BCUT2D eigenvalue weighted by Gasteiger charge is -2.18. The van der Waals surface area contributed by atoms with E-state index < -0.39 is 0 Å². The number of carbonyl (C=O) groups is 1. The van der Waals surface area contributed by atoms with E-state index in [1.165, 1.54) is 12.8 Å². The molecule has 6 heteroatoms. The average molecular weight is 482 g/mol. The molecule has 0 bridgehead atoms. The molecule has 4 aromatic rings. The van der Waals surface area contributed by atoms with Crippen LogP contribution >= 0.6 is 0 Å². The van der Waals surface area contributed by atoms with Crippen molar-refractivity contribution in [3.05, 3.63) is 72.6 Å². The molecule has 1 fully saturated rings. The molecule has 0 unspecified atom stereocenters. The highest BCUT2D eigenvalue weighted by Gasteiger charge is 2.25. The molecule has 6 nitrogen and oxygen atoms in total.